The number of hydrogen-bond acceptors (Lipinski definition) is 3. The van der Waals surface area contributed by atoms with Crippen LogP contribution in [0.15, 0.2) is 0 Å². The Labute approximate surface area is 92.6 Å². The van der Waals surface area contributed by atoms with Crippen LogP contribution in [0, 0.1) is 5.92 Å². The van der Waals surface area contributed by atoms with Crippen LogP contribution in [-0.2, 0) is 4.79 Å². The van der Waals surface area contributed by atoms with Crippen LogP contribution in [-0.4, -0.2) is 62.5 Å². The molecule has 2 atom stereocenters. The zero-order chi connectivity index (χ0) is 11.4. The maximum atomic E-state index is 11.6. The first-order valence-corrected chi connectivity index (χ1v) is 5.63. The smallest absolute Gasteiger partial charge is 0.236 e. The molecule has 2 unspecified atom stereocenters. The van der Waals surface area contributed by atoms with Crippen molar-refractivity contribution in [2.24, 2.45) is 5.92 Å². The van der Waals surface area contributed by atoms with Gasteiger partial charge in [0.15, 0.2) is 0 Å². The van der Waals surface area contributed by atoms with E-state index in [4.69, 9.17) is 0 Å². The molecule has 1 N–H and O–H groups in total. The predicted molar refractivity (Wildman–Crippen MR) is 61.8 cm³/mol. The van der Waals surface area contributed by atoms with Gasteiger partial charge in [-0.05, 0) is 32.5 Å². The van der Waals surface area contributed by atoms with E-state index in [2.05, 4.69) is 17.1 Å². The van der Waals surface area contributed by atoms with Crippen molar-refractivity contribution >= 4 is 5.91 Å². The van der Waals surface area contributed by atoms with E-state index in [0.717, 1.165) is 19.5 Å². The Hall–Kier alpha value is -0.610. The van der Waals surface area contributed by atoms with Gasteiger partial charge >= 0.3 is 0 Å². The van der Waals surface area contributed by atoms with Crippen LogP contribution < -0.4 is 5.32 Å². The third-order valence-electron chi connectivity index (χ3n) is 3.19. The quantitative estimate of drug-likeness (QED) is 0.717. The van der Waals surface area contributed by atoms with Crippen LogP contribution in [0.2, 0.25) is 0 Å². The molecule has 0 aromatic rings. The second kappa shape index (κ2) is 5.47. The summed E-state index contributed by atoms with van der Waals surface area (Å²) in [4.78, 5) is 15.4. The van der Waals surface area contributed by atoms with Crippen LogP contribution in [0.5, 0.6) is 0 Å². The maximum Gasteiger partial charge on any atom is 0.236 e. The summed E-state index contributed by atoms with van der Waals surface area (Å²) in [7, 11) is 5.66. The largest absolute Gasteiger partial charge is 0.348 e. The molecule has 1 saturated heterocycles. The van der Waals surface area contributed by atoms with Gasteiger partial charge in [0.1, 0.15) is 0 Å². The number of amides is 1. The normalized spacial score (nSPS) is 26.7. The molecular formula is C11H23N3O. The summed E-state index contributed by atoms with van der Waals surface area (Å²) in [6.07, 6.45) is 1.14. The van der Waals surface area contributed by atoms with Gasteiger partial charge < -0.3 is 10.2 Å². The zero-order valence-corrected chi connectivity index (χ0v) is 10.3. The first-order chi connectivity index (χ1) is 7.02. The molecule has 1 aliphatic rings. The third-order valence-corrected chi connectivity index (χ3v) is 3.19. The van der Waals surface area contributed by atoms with Gasteiger partial charge in [-0.15, -0.1) is 0 Å². The summed E-state index contributed by atoms with van der Waals surface area (Å²) in [5, 5.41) is 3.37. The molecular weight excluding hydrogens is 190 g/mol. The summed E-state index contributed by atoms with van der Waals surface area (Å²) in [5.74, 6) is 0.807. The summed E-state index contributed by atoms with van der Waals surface area (Å²) in [5.41, 5.74) is 0. The Morgan fingerprint density at radius 2 is 2.07 bits per heavy atom. The van der Waals surface area contributed by atoms with E-state index in [-0.39, 0.29) is 5.91 Å². The van der Waals surface area contributed by atoms with Crippen molar-refractivity contribution in [2.75, 3.05) is 40.8 Å². The molecule has 0 aromatic heterocycles. The molecule has 1 heterocycles. The molecule has 1 amide bonds. The molecule has 15 heavy (non-hydrogen) atoms. The maximum absolute atomic E-state index is 11.6. The Balaban J connectivity index is 2.44. The van der Waals surface area contributed by atoms with E-state index in [1.54, 1.807) is 4.90 Å². The van der Waals surface area contributed by atoms with Crippen molar-refractivity contribution in [3.8, 4) is 0 Å². The van der Waals surface area contributed by atoms with Gasteiger partial charge in [0.2, 0.25) is 5.91 Å². The van der Waals surface area contributed by atoms with E-state index in [1.165, 1.54) is 0 Å². The van der Waals surface area contributed by atoms with Crippen LogP contribution in [0.4, 0.5) is 0 Å². The summed E-state index contributed by atoms with van der Waals surface area (Å²) in [6.45, 7) is 4.90. The van der Waals surface area contributed by atoms with Gasteiger partial charge in [0.25, 0.3) is 0 Å². The summed E-state index contributed by atoms with van der Waals surface area (Å²) < 4.78 is 0. The Morgan fingerprint density at radius 1 is 1.40 bits per heavy atom. The second-order valence-electron chi connectivity index (χ2n) is 4.74. The second-order valence-corrected chi connectivity index (χ2v) is 4.74. The molecule has 1 rings (SSSR count). The number of likely N-dealkylation sites (N-methyl/N-ethyl adjacent to an activating group) is 2. The highest BCUT2D eigenvalue weighted by Crippen LogP contribution is 2.16. The number of rotatable bonds is 3. The van der Waals surface area contributed by atoms with E-state index in [9.17, 15) is 4.79 Å². The van der Waals surface area contributed by atoms with Crippen LogP contribution in [0.1, 0.15) is 13.3 Å². The molecule has 0 saturated carbocycles. The van der Waals surface area contributed by atoms with E-state index >= 15 is 0 Å². The lowest BCUT2D eigenvalue weighted by atomic mass is 9.94. The fraction of sp³-hybridized carbons (Fsp3) is 0.909. The highest BCUT2D eigenvalue weighted by Gasteiger charge is 2.25. The van der Waals surface area contributed by atoms with Crippen molar-refractivity contribution in [3.63, 3.8) is 0 Å². The Bertz CT molecular complexity index is 218. The molecule has 88 valence electrons. The Kier molecular flexibility index (Phi) is 4.54. The number of hydrogen-bond donors (Lipinski definition) is 1. The van der Waals surface area contributed by atoms with Gasteiger partial charge in [-0.25, -0.2) is 0 Å². The number of carbonyl (C=O) groups excluding carboxylic acids is 1. The lowest BCUT2D eigenvalue weighted by Gasteiger charge is -2.36. The molecule has 4 heteroatoms. The SMILES string of the molecule is CC1CNCCC1N(C)CC(=O)N(C)C. The Morgan fingerprint density at radius 3 is 2.60 bits per heavy atom. The highest BCUT2D eigenvalue weighted by molar-refractivity contribution is 5.77. The first-order valence-electron chi connectivity index (χ1n) is 5.63. The van der Waals surface area contributed by atoms with Crippen LogP contribution in [0.3, 0.4) is 0 Å². The minimum Gasteiger partial charge on any atom is -0.348 e. The predicted octanol–water partition coefficient (Wildman–Crippen LogP) is 0.00440. The average Bonchev–Trinajstić information content (AvgIpc) is 2.18. The fourth-order valence-corrected chi connectivity index (χ4v) is 2.13. The standard InChI is InChI=1S/C11H23N3O/c1-9-7-12-6-5-10(9)14(4)8-11(15)13(2)3/h9-10,12H,5-8H2,1-4H3. The van der Waals surface area contributed by atoms with Gasteiger partial charge in [-0.2, -0.15) is 0 Å². The van der Waals surface area contributed by atoms with E-state index in [0.29, 0.717) is 18.5 Å². The average molecular weight is 213 g/mol. The molecule has 0 radical (unpaired) electrons. The van der Waals surface area contributed by atoms with Gasteiger partial charge in [-0.1, -0.05) is 6.92 Å². The number of nitrogens with one attached hydrogen (secondary N) is 1. The zero-order valence-electron chi connectivity index (χ0n) is 10.3. The molecule has 1 fully saturated rings. The summed E-state index contributed by atoms with van der Waals surface area (Å²) >= 11 is 0. The fourth-order valence-electron chi connectivity index (χ4n) is 2.13. The summed E-state index contributed by atoms with van der Waals surface area (Å²) in [6, 6.07) is 0.537. The van der Waals surface area contributed by atoms with Gasteiger partial charge in [0, 0.05) is 20.1 Å². The lowest BCUT2D eigenvalue weighted by Crippen LogP contribution is -2.49. The van der Waals surface area contributed by atoms with E-state index < -0.39 is 0 Å². The van der Waals surface area contributed by atoms with Crippen molar-refractivity contribution < 1.29 is 4.79 Å². The van der Waals surface area contributed by atoms with Crippen molar-refractivity contribution in [3.05, 3.63) is 0 Å². The van der Waals surface area contributed by atoms with Crippen LogP contribution >= 0.6 is 0 Å². The molecule has 0 bridgehead atoms. The minimum atomic E-state index is 0.184. The number of nitrogens with zero attached hydrogens (tertiary/aromatic N) is 2. The van der Waals surface area contributed by atoms with Crippen molar-refractivity contribution in [2.45, 2.75) is 19.4 Å². The molecule has 0 spiro atoms. The molecule has 4 nitrogen and oxygen atoms in total. The monoisotopic (exact) mass is 213 g/mol. The number of carbonyl (C=O) groups is 1. The van der Waals surface area contributed by atoms with Crippen molar-refractivity contribution in [1.29, 1.82) is 0 Å². The minimum absolute atomic E-state index is 0.184. The highest BCUT2D eigenvalue weighted by atomic mass is 16.2. The van der Waals surface area contributed by atoms with E-state index in [1.807, 2.05) is 21.1 Å². The van der Waals surface area contributed by atoms with Crippen molar-refractivity contribution in [1.82, 2.24) is 15.1 Å². The van der Waals surface area contributed by atoms with Gasteiger partial charge in [0.05, 0.1) is 6.54 Å². The lowest BCUT2D eigenvalue weighted by molar-refractivity contribution is -0.130. The van der Waals surface area contributed by atoms with Crippen LogP contribution in [0.25, 0.3) is 0 Å². The molecule has 0 aromatic carbocycles. The number of piperidine rings is 1. The molecule has 1 aliphatic heterocycles. The first kappa shape index (κ1) is 12.5. The topological polar surface area (TPSA) is 35.6 Å². The third kappa shape index (κ3) is 3.47. The molecule has 0 aliphatic carbocycles. The van der Waals surface area contributed by atoms with Gasteiger partial charge in [-0.3, -0.25) is 9.69 Å².